The highest BCUT2D eigenvalue weighted by Gasteiger charge is 2.24. The summed E-state index contributed by atoms with van der Waals surface area (Å²) in [6.07, 6.45) is 4.18. The van der Waals surface area contributed by atoms with Crippen LogP contribution in [0.5, 0.6) is 0 Å². The van der Waals surface area contributed by atoms with Gasteiger partial charge in [0, 0.05) is 43.3 Å². The summed E-state index contributed by atoms with van der Waals surface area (Å²) in [5, 5.41) is 8.04. The Hall–Kier alpha value is -1.92. The predicted octanol–water partition coefficient (Wildman–Crippen LogP) is 3.34. The number of nitrogens with zero attached hydrogens (tertiary/aromatic N) is 3. The van der Waals surface area contributed by atoms with E-state index < -0.39 is 0 Å². The lowest BCUT2D eigenvalue weighted by Crippen LogP contribution is -2.48. The van der Waals surface area contributed by atoms with E-state index in [2.05, 4.69) is 69.7 Å². The number of guanidine groups is 1. The van der Waals surface area contributed by atoms with Gasteiger partial charge in [-0.2, -0.15) is 0 Å². The number of hydrogen-bond donors (Lipinski definition) is 2. The van der Waals surface area contributed by atoms with Gasteiger partial charge in [0.2, 0.25) is 0 Å². The maximum atomic E-state index is 4.39. The zero-order valence-electron chi connectivity index (χ0n) is 15.9. The van der Waals surface area contributed by atoms with Crippen molar-refractivity contribution in [1.29, 1.82) is 0 Å². The summed E-state index contributed by atoms with van der Waals surface area (Å²) in [4.78, 5) is 12.6. The molecule has 1 aliphatic rings. The monoisotopic (exact) mass is 371 g/mol. The maximum Gasteiger partial charge on any atom is 0.191 e. The molecule has 3 rings (SSSR count). The van der Waals surface area contributed by atoms with Gasteiger partial charge < -0.3 is 10.6 Å². The molecule has 140 valence electrons. The number of piperidine rings is 1. The van der Waals surface area contributed by atoms with Gasteiger partial charge >= 0.3 is 0 Å². The molecule has 1 fully saturated rings. The third-order valence-electron chi connectivity index (χ3n) is 5.00. The summed E-state index contributed by atoms with van der Waals surface area (Å²) in [5.41, 5.74) is 1.40. The molecule has 1 atom stereocenters. The van der Waals surface area contributed by atoms with Crippen LogP contribution in [0.15, 0.2) is 41.5 Å². The molecule has 5 nitrogen and oxygen atoms in total. The van der Waals surface area contributed by atoms with Gasteiger partial charge in [0.15, 0.2) is 5.96 Å². The quantitative estimate of drug-likeness (QED) is 0.625. The number of aliphatic imine (C=N–C) groups is 1. The van der Waals surface area contributed by atoms with Crippen molar-refractivity contribution in [3.8, 4) is 0 Å². The summed E-state index contributed by atoms with van der Waals surface area (Å²) in [6, 6.07) is 11.7. The van der Waals surface area contributed by atoms with E-state index >= 15 is 0 Å². The number of nitrogens with one attached hydrogen (secondary N) is 2. The van der Waals surface area contributed by atoms with Crippen LogP contribution in [0, 0.1) is 6.92 Å². The number of rotatable bonds is 5. The molecule has 1 saturated heterocycles. The third-order valence-corrected chi connectivity index (χ3v) is 5.91. The van der Waals surface area contributed by atoms with Crippen LogP contribution in [0.4, 0.5) is 0 Å². The Labute approximate surface area is 160 Å². The van der Waals surface area contributed by atoms with Crippen LogP contribution in [-0.2, 0) is 6.54 Å². The molecule has 1 aromatic carbocycles. The highest BCUT2D eigenvalue weighted by atomic mass is 32.1. The standard InChI is InChI=1S/C20H29N5S/c1-15-13-22-19(26-15)14-23-20(21-3)24-18-9-11-25(12-10-18)16(2)17-7-5-4-6-8-17/h4-8,13,16,18H,9-12,14H2,1-3H3,(H2,21,23,24). The fourth-order valence-corrected chi connectivity index (χ4v) is 4.13. The Morgan fingerprint density at radius 3 is 2.65 bits per heavy atom. The summed E-state index contributed by atoms with van der Waals surface area (Å²) >= 11 is 1.72. The molecule has 0 aliphatic carbocycles. The van der Waals surface area contributed by atoms with Crippen molar-refractivity contribution in [3.05, 3.63) is 52.0 Å². The Balaban J connectivity index is 1.45. The van der Waals surface area contributed by atoms with Gasteiger partial charge in [-0.15, -0.1) is 11.3 Å². The lowest BCUT2D eigenvalue weighted by molar-refractivity contribution is 0.158. The van der Waals surface area contributed by atoms with Crippen LogP contribution in [-0.4, -0.2) is 42.0 Å². The van der Waals surface area contributed by atoms with Crippen molar-refractivity contribution < 1.29 is 0 Å². The van der Waals surface area contributed by atoms with Gasteiger partial charge in [-0.3, -0.25) is 9.89 Å². The van der Waals surface area contributed by atoms with E-state index in [0.717, 1.165) is 43.4 Å². The molecule has 6 heteroatoms. The second-order valence-electron chi connectivity index (χ2n) is 6.83. The van der Waals surface area contributed by atoms with Crippen LogP contribution >= 0.6 is 11.3 Å². The van der Waals surface area contributed by atoms with Gasteiger partial charge in [0.25, 0.3) is 0 Å². The summed E-state index contributed by atoms with van der Waals surface area (Å²) < 4.78 is 0. The molecule has 2 aromatic rings. The van der Waals surface area contributed by atoms with E-state index in [0.29, 0.717) is 12.1 Å². The molecule has 1 aliphatic heterocycles. The molecule has 0 saturated carbocycles. The van der Waals surface area contributed by atoms with Crippen LogP contribution < -0.4 is 10.6 Å². The Bertz CT molecular complexity index is 704. The van der Waals surface area contributed by atoms with E-state index in [1.165, 1.54) is 10.4 Å². The molecule has 2 heterocycles. The summed E-state index contributed by atoms with van der Waals surface area (Å²) in [7, 11) is 1.83. The molecule has 1 unspecified atom stereocenters. The molecular weight excluding hydrogens is 342 g/mol. The van der Waals surface area contributed by atoms with Gasteiger partial charge in [0.1, 0.15) is 5.01 Å². The lowest BCUT2D eigenvalue weighted by Gasteiger charge is -2.37. The van der Waals surface area contributed by atoms with Crippen molar-refractivity contribution >= 4 is 17.3 Å². The van der Waals surface area contributed by atoms with Gasteiger partial charge in [-0.1, -0.05) is 30.3 Å². The minimum absolute atomic E-state index is 0.471. The third kappa shape index (κ3) is 5.05. The van der Waals surface area contributed by atoms with Crippen LogP contribution in [0.25, 0.3) is 0 Å². The Morgan fingerprint density at radius 1 is 1.31 bits per heavy atom. The second-order valence-corrected chi connectivity index (χ2v) is 8.15. The minimum Gasteiger partial charge on any atom is -0.354 e. The molecule has 0 amide bonds. The van der Waals surface area contributed by atoms with Crippen molar-refractivity contribution in [1.82, 2.24) is 20.5 Å². The smallest absolute Gasteiger partial charge is 0.191 e. The summed E-state index contributed by atoms with van der Waals surface area (Å²) in [5.74, 6) is 0.868. The number of benzene rings is 1. The highest BCUT2D eigenvalue weighted by molar-refractivity contribution is 7.11. The van der Waals surface area contributed by atoms with Gasteiger partial charge in [0.05, 0.1) is 6.54 Å². The van der Waals surface area contributed by atoms with E-state index in [4.69, 9.17) is 0 Å². The predicted molar refractivity (Wildman–Crippen MR) is 110 cm³/mol. The van der Waals surface area contributed by atoms with Crippen molar-refractivity contribution in [2.45, 2.75) is 45.3 Å². The van der Waals surface area contributed by atoms with Gasteiger partial charge in [-0.05, 0) is 32.3 Å². The molecule has 2 N–H and O–H groups in total. The number of likely N-dealkylation sites (tertiary alicyclic amines) is 1. The minimum atomic E-state index is 0.471. The molecule has 0 spiro atoms. The van der Waals surface area contributed by atoms with Crippen molar-refractivity contribution in [2.24, 2.45) is 4.99 Å². The van der Waals surface area contributed by atoms with E-state index in [1.54, 1.807) is 11.3 Å². The van der Waals surface area contributed by atoms with Crippen LogP contribution in [0.3, 0.4) is 0 Å². The zero-order valence-corrected chi connectivity index (χ0v) is 16.7. The van der Waals surface area contributed by atoms with E-state index in [1.807, 2.05) is 13.2 Å². The largest absolute Gasteiger partial charge is 0.354 e. The first-order valence-electron chi connectivity index (χ1n) is 9.33. The maximum absolute atomic E-state index is 4.39. The fraction of sp³-hybridized carbons (Fsp3) is 0.500. The Kier molecular flexibility index (Phi) is 6.63. The second kappa shape index (κ2) is 9.14. The normalized spacial score (nSPS) is 17.9. The number of hydrogen-bond acceptors (Lipinski definition) is 4. The number of aryl methyl sites for hydroxylation is 1. The Morgan fingerprint density at radius 2 is 2.04 bits per heavy atom. The highest BCUT2D eigenvalue weighted by Crippen LogP contribution is 2.24. The first kappa shape index (κ1) is 18.9. The fourth-order valence-electron chi connectivity index (χ4n) is 3.40. The van der Waals surface area contributed by atoms with Crippen LogP contribution in [0.1, 0.15) is 41.3 Å². The SMILES string of the molecule is CN=C(NCc1ncc(C)s1)NC1CCN(C(C)c2ccccc2)CC1. The topological polar surface area (TPSA) is 52.6 Å². The number of thiazole rings is 1. The van der Waals surface area contributed by atoms with Gasteiger partial charge in [-0.25, -0.2) is 4.98 Å². The van der Waals surface area contributed by atoms with Crippen molar-refractivity contribution in [2.75, 3.05) is 20.1 Å². The van der Waals surface area contributed by atoms with E-state index in [-0.39, 0.29) is 0 Å². The molecule has 1 aromatic heterocycles. The average molecular weight is 372 g/mol. The van der Waals surface area contributed by atoms with E-state index in [9.17, 15) is 0 Å². The first-order valence-corrected chi connectivity index (χ1v) is 10.1. The van der Waals surface area contributed by atoms with Crippen molar-refractivity contribution in [3.63, 3.8) is 0 Å². The molecule has 26 heavy (non-hydrogen) atoms. The molecular formula is C20H29N5S. The zero-order chi connectivity index (χ0) is 18.4. The average Bonchev–Trinajstić information content (AvgIpc) is 3.11. The lowest BCUT2D eigenvalue weighted by atomic mass is 10.0. The first-order chi connectivity index (χ1) is 12.7. The molecule has 0 radical (unpaired) electrons. The molecule has 0 bridgehead atoms. The van der Waals surface area contributed by atoms with Crippen LogP contribution in [0.2, 0.25) is 0 Å². The summed E-state index contributed by atoms with van der Waals surface area (Å²) in [6.45, 7) is 7.33. The number of aromatic nitrogens is 1.